The molecule has 18 heavy (non-hydrogen) atoms. The first-order valence-electron chi connectivity index (χ1n) is 5.90. The summed E-state index contributed by atoms with van der Waals surface area (Å²) in [7, 11) is -3.23. The van der Waals surface area contributed by atoms with Crippen LogP contribution in [0.3, 0.4) is 0 Å². The van der Waals surface area contributed by atoms with Crippen molar-refractivity contribution in [2.24, 2.45) is 5.73 Å². The van der Waals surface area contributed by atoms with Gasteiger partial charge >= 0.3 is 6.03 Å². The summed E-state index contributed by atoms with van der Waals surface area (Å²) in [5.41, 5.74) is 5.47. The molecule has 1 saturated carbocycles. The van der Waals surface area contributed by atoms with Gasteiger partial charge in [-0.15, -0.1) is 0 Å². The van der Waals surface area contributed by atoms with Gasteiger partial charge in [0.1, 0.15) is 0 Å². The molecule has 5 nitrogen and oxygen atoms in total. The molecule has 1 aromatic rings. The predicted octanol–water partition coefficient (Wildman–Crippen LogP) is 1.89. The first kappa shape index (κ1) is 12.9. The maximum Gasteiger partial charge on any atom is 0.316 e. The average Bonchev–Trinajstić information content (AvgIpc) is 2.83. The minimum absolute atomic E-state index is 0.257. The third-order valence-electron chi connectivity index (χ3n) is 3.19. The molecule has 0 aromatic heterocycles. The molecule has 0 spiro atoms. The fourth-order valence-electron chi connectivity index (χ4n) is 2.26. The highest BCUT2D eigenvalue weighted by molar-refractivity contribution is 7.92. The number of nitrogens with two attached hydrogens (primary N) is 1. The van der Waals surface area contributed by atoms with Crippen LogP contribution in [0.5, 0.6) is 0 Å². The smallest absolute Gasteiger partial charge is 0.316 e. The van der Waals surface area contributed by atoms with Gasteiger partial charge in [0, 0.05) is 5.69 Å². The Morgan fingerprint density at radius 3 is 2.22 bits per heavy atom. The summed E-state index contributed by atoms with van der Waals surface area (Å²) < 4.78 is 24.5. The Labute approximate surface area is 106 Å². The molecule has 0 atom stereocenters. The van der Waals surface area contributed by atoms with Crippen molar-refractivity contribution in [1.82, 2.24) is 0 Å². The Bertz CT molecular complexity index is 531. The number of urea groups is 1. The van der Waals surface area contributed by atoms with E-state index in [0.29, 0.717) is 10.6 Å². The van der Waals surface area contributed by atoms with Crippen molar-refractivity contribution in [3.05, 3.63) is 24.3 Å². The summed E-state index contributed by atoms with van der Waals surface area (Å²) in [5, 5.41) is 2.14. The van der Waals surface area contributed by atoms with Crippen molar-refractivity contribution >= 4 is 21.6 Å². The number of carbonyl (C=O) groups is 1. The molecule has 0 saturated heterocycles. The third-order valence-corrected chi connectivity index (χ3v) is 5.47. The van der Waals surface area contributed by atoms with E-state index in [1.165, 1.54) is 12.1 Å². The largest absolute Gasteiger partial charge is 0.351 e. The Kier molecular flexibility index (Phi) is 3.56. The van der Waals surface area contributed by atoms with Gasteiger partial charge in [-0.05, 0) is 37.1 Å². The van der Waals surface area contributed by atoms with Gasteiger partial charge in [-0.2, -0.15) is 0 Å². The topological polar surface area (TPSA) is 89.3 Å². The monoisotopic (exact) mass is 268 g/mol. The van der Waals surface area contributed by atoms with Gasteiger partial charge < -0.3 is 11.1 Å². The maximum atomic E-state index is 12.3. The van der Waals surface area contributed by atoms with E-state index in [2.05, 4.69) is 5.32 Å². The van der Waals surface area contributed by atoms with Crippen molar-refractivity contribution in [3.8, 4) is 0 Å². The van der Waals surface area contributed by atoms with Crippen LogP contribution >= 0.6 is 0 Å². The fraction of sp³-hybridized carbons (Fsp3) is 0.417. The lowest BCUT2D eigenvalue weighted by atomic mass is 10.3. The van der Waals surface area contributed by atoms with Crippen LogP contribution in [-0.4, -0.2) is 19.7 Å². The predicted molar refractivity (Wildman–Crippen MR) is 69.1 cm³/mol. The van der Waals surface area contributed by atoms with Crippen LogP contribution in [0.4, 0.5) is 10.5 Å². The maximum absolute atomic E-state index is 12.3. The number of primary amides is 1. The van der Waals surface area contributed by atoms with Crippen LogP contribution in [0.1, 0.15) is 25.7 Å². The molecular weight excluding hydrogens is 252 g/mol. The number of amides is 2. The van der Waals surface area contributed by atoms with Gasteiger partial charge in [-0.25, -0.2) is 13.2 Å². The Morgan fingerprint density at radius 2 is 1.72 bits per heavy atom. The normalized spacial score (nSPS) is 16.7. The molecule has 2 amide bonds. The molecule has 1 aliphatic rings. The lowest BCUT2D eigenvalue weighted by Gasteiger charge is -2.11. The van der Waals surface area contributed by atoms with E-state index >= 15 is 0 Å². The van der Waals surface area contributed by atoms with Crippen LogP contribution < -0.4 is 11.1 Å². The van der Waals surface area contributed by atoms with Crippen molar-refractivity contribution < 1.29 is 13.2 Å². The van der Waals surface area contributed by atoms with Gasteiger partial charge in [0.05, 0.1) is 10.1 Å². The molecule has 1 aromatic carbocycles. The van der Waals surface area contributed by atoms with Crippen molar-refractivity contribution in [2.75, 3.05) is 5.32 Å². The summed E-state index contributed by atoms with van der Waals surface area (Å²) >= 11 is 0. The van der Waals surface area contributed by atoms with Crippen molar-refractivity contribution in [2.45, 2.75) is 35.8 Å². The molecule has 0 heterocycles. The molecule has 0 bridgehead atoms. The standard InChI is InChI=1S/C12H16N2O3S/c13-12(15)14-9-5-7-11(8-6-9)18(16,17)10-3-1-2-4-10/h5-8,10H,1-4H2,(H3,13,14,15). The molecule has 3 N–H and O–H groups in total. The molecule has 0 radical (unpaired) electrons. The van der Waals surface area contributed by atoms with E-state index in [9.17, 15) is 13.2 Å². The van der Waals surface area contributed by atoms with Gasteiger partial charge in [0.15, 0.2) is 9.84 Å². The Morgan fingerprint density at radius 1 is 1.17 bits per heavy atom. The molecular formula is C12H16N2O3S. The zero-order chi connectivity index (χ0) is 13.2. The molecule has 1 aliphatic carbocycles. The number of nitrogens with one attached hydrogen (secondary N) is 1. The fourth-order valence-corrected chi connectivity index (χ4v) is 4.12. The van der Waals surface area contributed by atoms with Gasteiger partial charge in [0.25, 0.3) is 0 Å². The summed E-state index contributed by atoms with van der Waals surface area (Å²) in [6.07, 6.45) is 3.43. The average molecular weight is 268 g/mol. The second-order valence-electron chi connectivity index (χ2n) is 4.47. The Hall–Kier alpha value is -1.56. The molecule has 0 aliphatic heterocycles. The minimum atomic E-state index is -3.23. The summed E-state index contributed by atoms with van der Waals surface area (Å²) in [5.74, 6) is 0. The van der Waals surface area contributed by atoms with Crippen LogP contribution in [0, 0.1) is 0 Å². The molecule has 98 valence electrons. The first-order chi connectivity index (χ1) is 8.50. The summed E-state index contributed by atoms with van der Waals surface area (Å²) in [6, 6.07) is 5.46. The van der Waals surface area contributed by atoms with E-state index in [1.807, 2.05) is 0 Å². The zero-order valence-corrected chi connectivity index (χ0v) is 10.7. The molecule has 1 fully saturated rings. The first-order valence-corrected chi connectivity index (χ1v) is 7.45. The van der Waals surface area contributed by atoms with Crippen LogP contribution in [0.15, 0.2) is 29.2 Å². The van der Waals surface area contributed by atoms with Gasteiger partial charge in [0.2, 0.25) is 0 Å². The van der Waals surface area contributed by atoms with Gasteiger partial charge in [-0.3, -0.25) is 0 Å². The van der Waals surface area contributed by atoms with E-state index in [0.717, 1.165) is 25.7 Å². The van der Waals surface area contributed by atoms with Crippen molar-refractivity contribution in [3.63, 3.8) is 0 Å². The zero-order valence-electron chi connectivity index (χ0n) is 9.93. The number of carbonyl (C=O) groups excluding carboxylic acids is 1. The van der Waals surface area contributed by atoms with Crippen molar-refractivity contribution in [1.29, 1.82) is 0 Å². The molecule has 2 rings (SSSR count). The Balaban J connectivity index is 2.20. The number of anilines is 1. The van der Waals surface area contributed by atoms with E-state index in [4.69, 9.17) is 5.73 Å². The van der Waals surface area contributed by atoms with E-state index < -0.39 is 15.9 Å². The van der Waals surface area contributed by atoms with Crippen LogP contribution in [0.25, 0.3) is 0 Å². The quantitative estimate of drug-likeness (QED) is 0.877. The highest BCUT2D eigenvalue weighted by atomic mass is 32.2. The highest BCUT2D eigenvalue weighted by Crippen LogP contribution is 2.29. The number of rotatable bonds is 3. The van der Waals surface area contributed by atoms with Gasteiger partial charge in [-0.1, -0.05) is 12.8 Å². The SMILES string of the molecule is NC(=O)Nc1ccc(S(=O)(=O)C2CCCC2)cc1. The van der Waals surface area contributed by atoms with E-state index in [1.54, 1.807) is 12.1 Å². The second kappa shape index (κ2) is 4.97. The number of hydrogen-bond donors (Lipinski definition) is 2. The summed E-state index contributed by atoms with van der Waals surface area (Å²) in [6.45, 7) is 0. The third kappa shape index (κ3) is 2.64. The number of benzene rings is 1. The minimum Gasteiger partial charge on any atom is -0.351 e. The second-order valence-corrected chi connectivity index (χ2v) is 6.69. The van der Waals surface area contributed by atoms with Crippen LogP contribution in [-0.2, 0) is 9.84 Å². The molecule has 6 heteroatoms. The van der Waals surface area contributed by atoms with Crippen LogP contribution in [0.2, 0.25) is 0 Å². The number of hydrogen-bond acceptors (Lipinski definition) is 3. The lowest BCUT2D eigenvalue weighted by molar-refractivity contribution is 0.259. The lowest BCUT2D eigenvalue weighted by Crippen LogP contribution is -2.20. The summed E-state index contributed by atoms with van der Waals surface area (Å²) in [4.78, 5) is 11.0. The number of sulfone groups is 1. The van der Waals surface area contributed by atoms with E-state index in [-0.39, 0.29) is 5.25 Å². The highest BCUT2D eigenvalue weighted by Gasteiger charge is 2.29. The molecule has 0 unspecified atom stereocenters.